The third-order valence-electron chi connectivity index (χ3n) is 5.84. The van der Waals surface area contributed by atoms with Gasteiger partial charge in [-0.15, -0.1) is 5.10 Å². The van der Waals surface area contributed by atoms with E-state index in [1.54, 1.807) is 5.32 Å². The summed E-state index contributed by atoms with van der Waals surface area (Å²) in [5.41, 5.74) is -3.87. The summed E-state index contributed by atoms with van der Waals surface area (Å²) in [5.74, 6) is -8.18. The van der Waals surface area contributed by atoms with Crippen LogP contribution >= 0.6 is 0 Å². The molecule has 0 aliphatic heterocycles. The molecule has 1 aromatic carbocycles. The maximum absolute atomic E-state index is 15.1. The Hall–Kier alpha value is -5.09. The molecule has 212 valence electrons. The molecule has 0 spiro atoms. The lowest BCUT2D eigenvalue weighted by Crippen LogP contribution is -2.46. The molecule has 41 heavy (non-hydrogen) atoms. The highest BCUT2D eigenvalue weighted by Gasteiger charge is 2.40. The summed E-state index contributed by atoms with van der Waals surface area (Å²) in [5, 5.41) is 8.21. The molecule has 5 rings (SSSR count). The second-order valence-electron chi connectivity index (χ2n) is 8.48. The number of rotatable bonds is 6. The molecule has 4 heterocycles. The highest BCUT2D eigenvalue weighted by atomic mass is 19.4. The Balaban J connectivity index is 1.73. The van der Waals surface area contributed by atoms with Gasteiger partial charge in [0.25, 0.3) is 11.8 Å². The summed E-state index contributed by atoms with van der Waals surface area (Å²) in [7, 11) is 0. The number of fused-ring (bicyclic) bond motifs is 2. The number of carbonyl (C=O) groups is 1. The standard InChI is InChI=1S/C24H14F7N7O3/c1-2-17(24(29,30)31)33-22(40)12-9-37(18-13(26)6-10(25)7-14(18)27)21-11(19(12)39)8-15(28)23(34-21)41-38-16-4-3-5-32-20(16)35-36-38/h3-9,17H,2H2,1H3,(H,33,40)/t17-/m0/s1. The van der Waals surface area contributed by atoms with Crippen molar-refractivity contribution in [1.29, 1.82) is 0 Å². The first-order valence-electron chi connectivity index (χ1n) is 11.5. The van der Waals surface area contributed by atoms with Gasteiger partial charge in [0.2, 0.25) is 11.1 Å². The van der Waals surface area contributed by atoms with Crippen LogP contribution in [0.1, 0.15) is 23.7 Å². The molecule has 1 N–H and O–H groups in total. The molecule has 1 amide bonds. The number of amides is 1. The maximum Gasteiger partial charge on any atom is 0.408 e. The van der Waals surface area contributed by atoms with E-state index in [0.29, 0.717) is 21.7 Å². The second-order valence-corrected chi connectivity index (χ2v) is 8.48. The predicted octanol–water partition coefficient (Wildman–Crippen LogP) is 3.99. The highest BCUT2D eigenvalue weighted by molar-refractivity contribution is 5.97. The van der Waals surface area contributed by atoms with Crippen molar-refractivity contribution in [2.45, 2.75) is 25.6 Å². The molecule has 0 radical (unpaired) electrons. The van der Waals surface area contributed by atoms with Crippen LogP contribution in [0.4, 0.5) is 30.7 Å². The molecule has 0 unspecified atom stereocenters. The van der Waals surface area contributed by atoms with E-state index in [2.05, 4.69) is 20.3 Å². The van der Waals surface area contributed by atoms with Crippen molar-refractivity contribution in [2.75, 3.05) is 0 Å². The molecule has 0 saturated heterocycles. The van der Waals surface area contributed by atoms with Gasteiger partial charge in [0.15, 0.2) is 28.6 Å². The van der Waals surface area contributed by atoms with Crippen molar-refractivity contribution in [3.8, 4) is 11.6 Å². The van der Waals surface area contributed by atoms with Gasteiger partial charge >= 0.3 is 6.18 Å². The lowest BCUT2D eigenvalue weighted by molar-refractivity contribution is -0.153. The number of hydrogen-bond acceptors (Lipinski definition) is 7. The van der Waals surface area contributed by atoms with Crippen molar-refractivity contribution in [3.63, 3.8) is 0 Å². The number of hydrogen-bond donors (Lipinski definition) is 1. The zero-order valence-corrected chi connectivity index (χ0v) is 20.4. The highest BCUT2D eigenvalue weighted by Crippen LogP contribution is 2.27. The van der Waals surface area contributed by atoms with Gasteiger partial charge in [0, 0.05) is 24.5 Å². The number of nitrogens with one attached hydrogen (secondary N) is 1. The van der Waals surface area contributed by atoms with Gasteiger partial charge in [-0.05, 0) is 29.8 Å². The first-order valence-corrected chi connectivity index (χ1v) is 11.5. The fourth-order valence-electron chi connectivity index (χ4n) is 3.92. The normalized spacial score (nSPS) is 12.6. The Morgan fingerprint density at radius 3 is 2.46 bits per heavy atom. The van der Waals surface area contributed by atoms with E-state index < -0.39 is 81.4 Å². The smallest absolute Gasteiger partial charge is 0.340 e. The molecule has 0 fully saturated rings. The first kappa shape index (κ1) is 27.5. The summed E-state index contributed by atoms with van der Waals surface area (Å²) in [4.78, 5) is 39.7. The molecule has 0 aliphatic rings. The SMILES string of the molecule is CC[C@H](NC(=O)c1cn(-c2c(F)cc(F)cc2F)c2nc(On3nnc4ncccc43)c(F)cc2c1=O)C(F)(F)F. The second kappa shape index (κ2) is 10.1. The van der Waals surface area contributed by atoms with Gasteiger partial charge in [0.05, 0.1) is 5.39 Å². The van der Waals surface area contributed by atoms with Crippen LogP contribution in [0.15, 0.2) is 47.5 Å². The Labute approximate surface area is 222 Å². The molecular formula is C24H14F7N7O3. The summed E-state index contributed by atoms with van der Waals surface area (Å²) < 4.78 is 98.7. The van der Waals surface area contributed by atoms with Crippen LogP contribution in [-0.4, -0.2) is 47.8 Å². The first-order chi connectivity index (χ1) is 19.4. The summed E-state index contributed by atoms with van der Waals surface area (Å²) in [6.45, 7) is 1.12. The zero-order chi connectivity index (χ0) is 29.6. The van der Waals surface area contributed by atoms with Crippen molar-refractivity contribution in [3.05, 3.63) is 81.8 Å². The van der Waals surface area contributed by atoms with Gasteiger partial charge in [-0.25, -0.2) is 22.5 Å². The Kier molecular flexibility index (Phi) is 6.80. The Morgan fingerprint density at radius 1 is 1.10 bits per heavy atom. The fraction of sp³-hybridized carbons (Fsp3) is 0.167. The van der Waals surface area contributed by atoms with Crippen molar-refractivity contribution >= 4 is 28.1 Å². The number of pyridine rings is 3. The van der Waals surface area contributed by atoms with Crippen molar-refractivity contribution < 1.29 is 40.4 Å². The minimum absolute atomic E-state index is 0.0981. The molecule has 1 atom stereocenters. The summed E-state index contributed by atoms with van der Waals surface area (Å²) >= 11 is 0. The van der Waals surface area contributed by atoms with Crippen LogP contribution in [0.2, 0.25) is 0 Å². The van der Waals surface area contributed by atoms with Crippen LogP contribution in [0.5, 0.6) is 5.88 Å². The van der Waals surface area contributed by atoms with Gasteiger partial charge in [0.1, 0.15) is 23.1 Å². The number of carbonyl (C=O) groups excluding carboxylic acids is 1. The van der Waals surface area contributed by atoms with Gasteiger partial charge in [-0.3, -0.25) is 14.2 Å². The summed E-state index contributed by atoms with van der Waals surface area (Å²) in [6, 6.07) is 1.61. The minimum Gasteiger partial charge on any atom is -0.340 e. The fourth-order valence-corrected chi connectivity index (χ4v) is 3.92. The third-order valence-corrected chi connectivity index (χ3v) is 5.84. The van der Waals surface area contributed by atoms with E-state index in [1.807, 2.05) is 0 Å². The van der Waals surface area contributed by atoms with Crippen molar-refractivity contribution in [2.24, 2.45) is 0 Å². The van der Waals surface area contributed by atoms with Crippen LogP contribution in [-0.2, 0) is 0 Å². The lowest BCUT2D eigenvalue weighted by atomic mass is 10.1. The predicted molar refractivity (Wildman–Crippen MR) is 126 cm³/mol. The maximum atomic E-state index is 15.1. The quantitative estimate of drug-likeness (QED) is 0.302. The van der Waals surface area contributed by atoms with E-state index in [9.17, 15) is 35.9 Å². The average Bonchev–Trinajstić information content (AvgIpc) is 3.30. The zero-order valence-electron chi connectivity index (χ0n) is 20.4. The number of benzene rings is 1. The molecule has 0 bridgehead atoms. The number of aromatic nitrogens is 6. The molecule has 4 aromatic heterocycles. The molecule has 17 heteroatoms. The topological polar surface area (TPSA) is 117 Å². The minimum atomic E-state index is -4.89. The lowest BCUT2D eigenvalue weighted by Gasteiger charge is -2.20. The van der Waals surface area contributed by atoms with Crippen molar-refractivity contribution in [1.82, 2.24) is 35.0 Å². The van der Waals surface area contributed by atoms with E-state index >= 15 is 4.39 Å². The number of halogens is 7. The van der Waals surface area contributed by atoms with Gasteiger partial charge in [-0.1, -0.05) is 11.8 Å². The van der Waals surface area contributed by atoms with Crippen LogP contribution in [0.25, 0.3) is 27.9 Å². The van der Waals surface area contributed by atoms with Crippen LogP contribution < -0.4 is 15.6 Å². The van der Waals surface area contributed by atoms with Gasteiger partial charge < -0.3 is 10.2 Å². The number of nitrogens with zero attached hydrogens (tertiary/aromatic N) is 6. The molecule has 0 saturated carbocycles. The van der Waals surface area contributed by atoms with E-state index in [1.165, 1.54) is 18.3 Å². The van der Waals surface area contributed by atoms with Crippen LogP contribution in [0, 0.1) is 23.3 Å². The Morgan fingerprint density at radius 2 is 1.80 bits per heavy atom. The van der Waals surface area contributed by atoms with E-state index in [-0.39, 0.29) is 23.3 Å². The molecule has 10 nitrogen and oxygen atoms in total. The van der Waals surface area contributed by atoms with Crippen LogP contribution in [0.3, 0.4) is 0 Å². The third kappa shape index (κ3) is 5.01. The Bertz CT molecular complexity index is 1870. The molecule has 5 aromatic rings. The number of alkyl halides is 3. The summed E-state index contributed by atoms with van der Waals surface area (Å²) in [6.07, 6.45) is -3.60. The average molecular weight is 581 g/mol. The molecular weight excluding hydrogens is 567 g/mol. The van der Waals surface area contributed by atoms with Gasteiger partial charge in [-0.2, -0.15) is 18.2 Å². The van der Waals surface area contributed by atoms with E-state index in [4.69, 9.17) is 4.84 Å². The van der Waals surface area contributed by atoms with E-state index in [0.717, 1.165) is 6.92 Å². The monoisotopic (exact) mass is 581 g/mol. The molecule has 0 aliphatic carbocycles. The largest absolute Gasteiger partial charge is 0.408 e.